The quantitative estimate of drug-likeness (QED) is 0.810. The van der Waals surface area contributed by atoms with E-state index in [1.165, 1.54) is 0 Å². The largest absolute Gasteiger partial charge is 0.399 e. The van der Waals surface area contributed by atoms with Crippen molar-refractivity contribution in [2.45, 2.75) is 39.3 Å². The summed E-state index contributed by atoms with van der Waals surface area (Å²) in [5.41, 5.74) is 9.45. The van der Waals surface area contributed by atoms with Crippen molar-refractivity contribution in [2.24, 2.45) is 0 Å². The van der Waals surface area contributed by atoms with Crippen molar-refractivity contribution in [3.05, 3.63) is 47.3 Å². The maximum Gasteiger partial charge on any atom is 0.0986 e. The van der Waals surface area contributed by atoms with Crippen LogP contribution in [0.1, 0.15) is 36.9 Å². The Balaban J connectivity index is 2.15. The molecule has 0 bridgehead atoms. The van der Waals surface area contributed by atoms with Gasteiger partial charge in [0.05, 0.1) is 18.3 Å². The summed E-state index contributed by atoms with van der Waals surface area (Å²) in [6, 6.07) is 9.43. The summed E-state index contributed by atoms with van der Waals surface area (Å²) in [4.78, 5) is 0. The lowest BCUT2D eigenvalue weighted by atomic mass is 10.1. The summed E-state index contributed by atoms with van der Waals surface area (Å²) in [5.74, 6) is 0. The van der Waals surface area contributed by atoms with E-state index < -0.39 is 6.10 Å². The van der Waals surface area contributed by atoms with Crippen LogP contribution >= 0.6 is 0 Å². The molecule has 3 N–H and O–H groups in total. The Labute approximate surface area is 113 Å². The fraction of sp³-hybridized carbons (Fsp3) is 0.400. The molecule has 4 nitrogen and oxygen atoms in total. The number of aliphatic hydroxyl groups is 1. The van der Waals surface area contributed by atoms with Crippen LogP contribution in [0.5, 0.6) is 0 Å². The Morgan fingerprint density at radius 2 is 1.89 bits per heavy atom. The summed E-state index contributed by atoms with van der Waals surface area (Å²) in [5, 5.41) is 14.8. The second-order valence-electron chi connectivity index (χ2n) is 4.70. The van der Waals surface area contributed by atoms with Crippen LogP contribution in [0.2, 0.25) is 0 Å². The third-order valence-electron chi connectivity index (χ3n) is 3.31. The molecule has 1 unspecified atom stereocenters. The van der Waals surface area contributed by atoms with Gasteiger partial charge >= 0.3 is 0 Å². The number of nitrogen functional groups attached to an aromatic ring is 1. The van der Waals surface area contributed by atoms with Gasteiger partial charge in [-0.25, -0.2) is 0 Å². The van der Waals surface area contributed by atoms with Gasteiger partial charge in [-0.1, -0.05) is 26.0 Å². The Bertz CT molecular complexity index is 531. The van der Waals surface area contributed by atoms with E-state index >= 15 is 0 Å². The summed E-state index contributed by atoms with van der Waals surface area (Å²) < 4.78 is 1.90. The molecular weight excluding hydrogens is 238 g/mol. The van der Waals surface area contributed by atoms with Crippen LogP contribution in [0, 0.1) is 0 Å². The molecule has 0 fully saturated rings. The Morgan fingerprint density at radius 3 is 2.47 bits per heavy atom. The van der Waals surface area contributed by atoms with Crippen molar-refractivity contribution < 1.29 is 5.11 Å². The van der Waals surface area contributed by atoms with Crippen LogP contribution in [0.25, 0.3) is 0 Å². The van der Waals surface area contributed by atoms with Gasteiger partial charge in [0.25, 0.3) is 0 Å². The van der Waals surface area contributed by atoms with Crippen LogP contribution in [-0.2, 0) is 19.4 Å². The van der Waals surface area contributed by atoms with E-state index in [4.69, 9.17) is 5.73 Å². The van der Waals surface area contributed by atoms with E-state index in [0.717, 1.165) is 29.8 Å². The smallest absolute Gasteiger partial charge is 0.0986 e. The number of hydrogen-bond acceptors (Lipinski definition) is 3. The summed E-state index contributed by atoms with van der Waals surface area (Å²) in [6.45, 7) is 4.66. The molecular formula is C15H21N3O. The maximum absolute atomic E-state index is 10.3. The van der Waals surface area contributed by atoms with Crippen LogP contribution in [0.4, 0.5) is 5.69 Å². The third-order valence-corrected chi connectivity index (χ3v) is 3.31. The molecule has 0 spiro atoms. The lowest BCUT2D eigenvalue weighted by molar-refractivity contribution is 0.150. The molecule has 2 aromatic rings. The first-order valence-corrected chi connectivity index (χ1v) is 6.73. The number of anilines is 1. The second kappa shape index (κ2) is 5.89. The molecule has 4 heteroatoms. The van der Waals surface area contributed by atoms with Gasteiger partial charge in [-0.2, -0.15) is 5.10 Å². The predicted molar refractivity (Wildman–Crippen MR) is 76.8 cm³/mol. The molecule has 2 rings (SSSR count). The van der Waals surface area contributed by atoms with Gasteiger partial charge in [0.2, 0.25) is 0 Å². The fourth-order valence-corrected chi connectivity index (χ4v) is 2.12. The summed E-state index contributed by atoms with van der Waals surface area (Å²) >= 11 is 0. The molecule has 0 aliphatic carbocycles. The highest BCUT2D eigenvalue weighted by molar-refractivity contribution is 5.39. The van der Waals surface area contributed by atoms with Crippen molar-refractivity contribution >= 4 is 5.69 Å². The lowest BCUT2D eigenvalue weighted by Crippen LogP contribution is -2.12. The number of aliphatic hydroxyl groups excluding tert-OH is 1. The third kappa shape index (κ3) is 3.15. The number of aryl methyl sites for hydroxylation is 2. The minimum absolute atomic E-state index is 0.479. The lowest BCUT2D eigenvalue weighted by Gasteiger charge is -2.13. The van der Waals surface area contributed by atoms with E-state index in [1.54, 1.807) is 12.1 Å². The number of nitrogens with zero attached hydrogens (tertiary/aromatic N) is 2. The monoisotopic (exact) mass is 259 g/mol. The van der Waals surface area contributed by atoms with Gasteiger partial charge in [-0.3, -0.25) is 4.68 Å². The average Bonchev–Trinajstić information content (AvgIpc) is 2.81. The van der Waals surface area contributed by atoms with Gasteiger partial charge in [0, 0.05) is 11.4 Å². The van der Waals surface area contributed by atoms with Crippen molar-refractivity contribution in [2.75, 3.05) is 5.73 Å². The van der Waals surface area contributed by atoms with Gasteiger partial charge in [-0.05, 0) is 36.6 Å². The first kappa shape index (κ1) is 13.6. The minimum atomic E-state index is -0.560. The fourth-order valence-electron chi connectivity index (χ4n) is 2.12. The summed E-state index contributed by atoms with van der Waals surface area (Å²) in [7, 11) is 0. The van der Waals surface area contributed by atoms with Crippen molar-refractivity contribution in [3.63, 3.8) is 0 Å². The minimum Gasteiger partial charge on any atom is -0.399 e. The molecule has 1 aromatic carbocycles. The van der Waals surface area contributed by atoms with Crippen LogP contribution in [0.15, 0.2) is 30.3 Å². The Morgan fingerprint density at radius 1 is 1.21 bits per heavy atom. The van der Waals surface area contributed by atoms with Crippen LogP contribution < -0.4 is 5.73 Å². The molecule has 0 aliphatic rings. The van der Waals surface area contributed by atoms with E-state index in [0.29, 0.717) is 12.2 Å². The molecule has 1 heterocycles. The molecule has 1 atom stereocenters. The van der Waals surface area contributed by atoms with Gasteiger partial charge < -0.3 is 10.8 Å². The standard InChI is InChI=1S/C15H21N3O/c1-3-13-9-14(4-2)18(17-13)10-15(19)11-5-7-12(16)8-6-11/h5-9,15,19H,3-4,10,16H2,1-2H3. The maximum atomic E-state index is 10.3. The summed E-state index contributed by atoms with van der Waals surface area (Å²) in [6.07, 6.45) is 1.27. The van der Waals surface area contributed by atoms with Crippen LogP contribution in [0.3, 0.4) is 0 Å². The number of benzene rings is 1. The number of nitrogens with two attached hydrogens (primary N) is 1. The van der Waals surface area contributed by atoms with Crippen LogP contribution in [-0.4, -0.2) is 14.9 Å². The molecule has 0 saturated carbocycles. The molecule has 1 aromatic heterocycles. The highest BCUT2D eigenvalue weighted by Crippen LogP contribution is 2.18. The number of aromatic nitrogens is 2. The predicted octanol–water partition coefficient (Wildman–Crippen LogP) is 2.32. The van der Waals surface area contributed by atoms with E-state index in [-0.39, 0.29) is 0 Å². The first-order chi connectivity index (χ1) is 9.13. The zero-order valence-corrected chi connectivity index (χ0v) is 11.5. The van der Waals surface area contributed by atoms with Gasteiger partial charge in [0.15, 0.2) is 0 Å². The molecule has 0 amide bonds. The van der Waals surface area contributed by atoms with Gasteiger partial charge in [-0.15, -0.1) is 0 Å². The molecule has 0 saturated heterocycles. The zero-order valence-electron chi connectivity index (χ0n) is 11.5. The molecule has 102 valence electrons. The number of rotatable bonds is 5. The molecule has 0 aliphatic heterocycles. The van der Waals surface area contributed by atoms with Crippen molar-refractivity contribution in [1.82, 2.24) is 9.78 Å². The number of hydrogen-bond donors (Lipinski definition) is 2. The van der Waals surface area contributed by atoms with E-state index in [2.05, 4.69) is 25.0 Å². The zero-order chi connectivity index (χ0) is 13.8. The Hall–Kier alpha value is -1.81. The van der Waals surface area contributed by atoms with Crippen molar-refractivity contribution in [3.8, 4) is 0 Å². The Kier molecular flexibility index (Phi) is 4.22. The first-order valence-electron chi connectivity index (χ1n) is 6.73. The van der Waals surface area contributed by atoms with E-state index in [9.17, 15) is 5.11 Å². The second-order valence-corrected chi connectivity index (χ2v) is 4.70. The SMILES string of the molecule is CCc1cc(CC)n(CC(O)c2ccc(N)cc2)n1. The van der Waals surface area contributed by atoms with E-state index in [1.807, 2.05) is 16.8 Å². The molecule has 19 heavy (non-hydrogen) atoms. The average molecular weight is 259 g/mol. The normalized spacial score (nSPS) is 12.6. The molecule has 0 radical (unpaired) electrons. The highest BCUT2D eigenvalue weighted by atomic mass is 16.3. The highest BCUT2D eigenvalue weighted by Gasteiger charge is 2.12. The van der Waals surface area contributed by atoms with Crippen molar-refractivity contribution in [1.29, 1.82) is 0 Å². The topological polar surface area (TPSA) is 64.1 Å². The van der Waals surface area contributed by atoms with Gasteiger partial charge in [0.1, 0.15) is 0 Å².